The second-order valence-electron chi connectivity index (χ2n) is 2.49. The predicted octanol–water partition coefficient (Wildman–Crippen LogP) is 2.67. The van der Waals surface area contributed by atoms with Gasteiger partial charge >= 0.3 is 72.2 Å². The Morgan fingerprint density at radius 1 is 0.889 bits per heavy atom. The number of hydrogen-bond donors (Lipinski definition) is 0. The summed E-state index contributed by atoms with van der Waals surface area (Å²) in [5.41, 5.74) is 0. The van der Waals surface area contributed by atoms with Crippen LogP contribution in [0.25, 0.3) is 0 Å². The molecule has 0 unspecified atom stereocenters. The van der Waals surface area contributed by atoms with Crippen LogP contribution in [0, 0.1) is 0 Å². The summed E-state index contributed by atoms with van der Waals surface area (Å²) in [5.74, 6) is 0. The molecule has 0 rings (SSSR count). The molecule has 0 fully saturated rings. The van der Waals surface area contributed by atoms with E-state index in [1.165, 1.54) is 43.0 Å². The summed E-state index contributed by atoms with van der Waals surface area (Å²) < 4.78 is 1.42. The van der Waals surface area contributed by atoms with Gasteiger partial charge < -0.3 is 0 Å². The van der Waals surface area contributed by atoms with Crippen LogP contribution >= 0.6 is 0 Å². The van der Waals surface area contributed by atoms with E-state index in [-0.39, 0.29) is 0 Å². The average Bonchev–Trinajstić information content (AvgIpc) is 1.89. The Bertz CT molecular complexity index is 37.8. The normalized spacial score (nSPS) is 10.0. The van der Waals surface area contributed by atoms with Crippen molar-refractivity contribution in [2.45, 2.75) is 49.9 Å². The van der Waals surface area contributed by atoms with Gasteiger partial charge in [0.1, 0.15) is 0 Å². The summed E-state index contributed by atoms with van der Waals surface area (Å²) in [4.78, 5) is 0. The number of hydrogen-bond acceptors (Lipinski definition) is 0. The van der Waals surface area contributed by atoms with Crippen molar-refractivity contribution >= 4 is 22.3 Å². The van der Waals surface area contributed by atoms with Crippen molar-refractivity contribution in [1.29, 1.82) is 0 Å². The standard InChI is InChI=1S/C8H18Te/c1-2-3-4-5-6-7-8-9/h9H,2-8H2,1H3. The van der Waals surface area contributed by atoms with Gasteiger partial charge in [-0.15, -0.1) is 0 Å². The Kier molecular flexibility index (Phi) is 9.56. The quantitative estimate of drug-likeness (QED) is 0.496. The molecular formula is C8H18Te. The Morgan fingerprint density at radius 2 is 1.44 bits per heavy atom. The average molecular weight is 242 g/mol. The molecule has 0 aliphatic rings. The van der Waals surface area contributed by atoms with E-state index in [2.05, 4.69) is 6.92 Å². The molecule has 0 bridgehead atoms. The van der Waals surface area contributed by atoms with Crippen molar-refractivity contribution in [3.05, 3.63) is 0 Å². The first-order valence-corrected chi connectivity index (χ1v) is 5.83. The zero-order valence-corrected chi connectivity index (χ0v) is 8.95. The minimum absolute atomic E-state index is 1.37. The SMILES string of the molecule is CCCCCCCC[TeH]. The molecule has 0 radical (unpaired) electrons. The molecule has 0 aromatic carbocycles. The molecule has 0 aliphatic carbocycles. The van der Waals surface area contributed by atoms with Crippen molar-refractivity contribution in [3.8, 4) is 0 Å². The van der Waals surface area contributed by atoms with Gasteiger partial charge in [0.05, 0.1) is 0 Å². The monoisotopic (exact) mass is 244 g/mol. The summed E-state index contributed by atoms with van der Waals surface area (Å²) >= 11 is 1.96. The maximum atomic E-state index is 2.27. The van der Waals surface area contributed by atoms with E-state index >= 15 is 0 Å². The van der Waals surface area contributed by atoms with E-state index in [9.17, 15) is 0 Å². The van der Waals surface area contributed by atoms with Crippen molar-refractivity contribution in [3.63, 3.8) is 0 Å². The molecule has 9 heavy (non-hydrogen) atoms. The molecule has 0 aliphatic heterocycles. The molecule has 1 heteroatoms. The topological polar surface area (TPSA) is 0 Å². The van der Waals surface area contributed by atoms with Crippen molar-refractivity contribution in [1.82, 2.24) is 0 Å². The second-order valence-corrected chi connectivity index (χ2v) is 3.77. The predicted molar refractivity (Wildman–Crippen MR) is 45.3 cm³/mol. The number of unbranched alkanes of at least 4 members (excludes halogenated alkanes) is 5. The van der Waals surface area contributed by atoms with Gasteiger partial charge in [0.15, 0.2) is 0 Å². The fourth-order valence-corrected chi connectivity index (χ4v) is 1.53. The van der Waals surface area contributed by atoms with Crippen LogP contribution in [0.5, 0.6) is 0 Å². The van der Waals surface area contributed by atoms with Crippen LogP contribution in [0.15, 0.2) is 0 Å². The maximum absolute atomic E-state index is 2.27. The number of rotatable bonds is 6. The van der Waals surface area contributed by atoms with Crippen LogP contribution < -0.4 is 0 Å². The van der Waals surface area contributed by atoms with Gasteiger partial charge in [0.2, 0.25) is 0 Å². The molecule has 0 saturated heterocycles. The van der Waals surface area contributed by atoms with E-state index in [0.29, 0.717) is 0 Å². The molecule has 0 nitrogen and oxygen atoms in total. The van der Waals surface area contributed by atoms with Gasteiger partial charge in [-0.2, -0.15) is 0 Å². The van der Waals surface area contributed by atoms with Gasteiger partial charge in [0, 0.05) is 0 Å². The Hall–Kier alpha value is 0.790. The van der Waals surface area contributed by atoms with E-state index in [1.807, 2.05) is 22.3 Å². The molecule has 0 N–H and O–H groups in total. The molecule has 56 valence electrons. The molecule has 0 spiro atoms. The van der Waals surface area contributed by atoms with E-state index in [0.717, 1.165) is 0 Å². The van der Waals surface area contributed by atoms with Crippen LogP contribution in [0.1, 0.15) is 45.4 Å². The van der Waals surface area contributed by atoms with Crippen molar-refractivity contribution in [2.75, 3.05) is 0 Å². The molecular weight excluding hydrogens is 224 g/mol. The molecule has 0 saturated carbocycles. The first kappa shape index (κ1) is 9.79. The Morgan fingerprint density at radius 3 is 2.00 bits per heavy atom. The Labute approximate surface area is 72.3 Å². The van der Waals surface area contributed by atoms with Gasteiger partial charge in [-0.3, -0.25) is 0 Å². The molecule has 0 aromatic heterocycles. The van der Waals surface area contributed by atoms with Crippen molar-refractivity contribution < 1.29 is 0 Å². The summed E-state index contributed by atoms with van der Waals surface area (Å²) in [6.07, 6.45) is 8.66. The van der Waals surface area contributed by atoms with Crippen LogP contribution in [0.3, 0.4) is 0 Å². The van der Waals surface area contributed by atoms with Gasteiger partial charge in [0.25, 0.3) is 0 Å². The summed E-state index contributed by atoms with van der Waals surface area (Å²) in [7, 11) is 0. The van der Waals surface area contributed by atoms with Gasteiger partial charge in [-0.25, -0.2) is 0 Å². The minimum atomic E-state index is 1.37. The zero-order valence-electron chi connectivity index (χ0n) is 6.40. The first-order valence-electron chi connectivity index (χ1n) is 4.02. The fraction of sp³-hybridized carbons (Fsp3) is 1.00. The third-order valence-corrected chi connectivity index (χ3v) is 2.41. The van der Waals surface area contributed by atoms with E-state index < -0.39 is 0 Å². The summed E-state index contributed by atoms with van der Waals surface area (Å²) in [6.45, 7) is 2.27. The van der Waals surface area contributed by atoms with E-state index in [4.69, 9.17) is 0 Å². The van der Waals surface area contributed by atoms with Crippen molar-refractivity contribution in [2.24, 2.45) is 0 Å². The molecule has 0 heterocycles. The van der Waals surface area contributed by atoms with Crippen LogP contribution in [-0.4, -0.2) is 22.3 Å². The van der Waals surface area contributed by atoms with E-state index in [1.54, 1.807) is 0 Å². The van der Waals surface area contributed by atoms with Gasteiger partial charge in [-0.05, 0) is 0 Å². The summed E-state index contributed by atoms with van der Waals surface area (Å²) in [5, 5.41) is 0. The molecule has 0 atom stereocenters. The Balaban J connectivity index is 2.60. The zero-order chi connectivity index (χ0) is 6.95. The van der Waals surface area contributed by atoms with Gasteiger partial charge in [-0.1, -0.05) is 0 Å². The third-order valence-electron chi connectivity index (χ3n) is 1.51. The van der Waals surface area contributed by atoms with Crippen LogP contribution in [-0.2, 0) is 0 Å². The fourth-order valence-electron chi connectivity index (χ4n) is 0.892. The third kappa shape index (κ3) is 8.79. The second kappa shape index (κ2) is 8.79. The van der Waals surface area contributed by atoms with Crippen LogP contribution in [0.2, 0.25) is 4.47 Å². The molecule has 0 amide bonds. The first-order chi connectivity index (χ1) is 4.41. The summed E-state index contributed by atoms with van der Waals surface area (Å²) in [6, 6.07) is 0. The van der Waals surface area contributed by atoms with Crippen LogP contribution in [0.4, 0.5) is 0 Å². The molecule has 0 aromatic rings.